The van der Waals surface area contributed by atoms with E-state index in [0.29, 0.717) is 23.0 Å². The minimum Gasteiger partial charge on any atom is -0.497 e. The SMILES string of the molecule is COc1ccc(OC)c(NC(=O)CCn2c(=O)c(N3CCCC3)nc3ccccc32)c1. The van der Waals surface area contributed by atoms with E-state index in [-0.39, 0.29) is 24.4 Å². The molecule has 1 aliphatic rings. The van der Waals surface area contributed by atoms with Crippen molar-refractivity contribution in [2.45, 2.75) is 25.8 Å². The van der Waals surface area contributed by atoms with Crippen molar-refractivity contribution >= 4 is 28.4 Å². The van der Waals surface area contributed by atoms with Crippen molar-refractivity contribution in [2.24, 2.45) is 0 Å². The monoisotopic (exact) mass is 422 g/mol. The van der Waals surface area contributed by atoms with Crippen LogP contribution in [0.25, 0.3) is 11.0 Å². The summed E-state index contributed by atoms with van der Waals surface area (Å²) in [6.07, 6.45) is 2.24. The van der Waals surface area contributed by atoms with Crippen LogP contribution in [0.3, 0.4) is 0 Å². The quantitative estimate of drug-likeness (QED) is 0.630. The van der Waals surface area contributed by atoms with E-state index < -0.39 is 0 Å². The van der Waals surface area contributed by atoms with Crippen LogP contribution in [0.2, 0.25) is 0 Å². The second-order valence-corrected chi connectivity index (χ2v) is 7.44. The Balaban J connectivity index is 1.58. The molecule has 1 saturated heterocycles. The first kappa shape index (κ1) is 20.7. The summed E-state index contributed by atoms with van der Waals surface area (Å²) in [6.45, 7) is 1.91. The third-order valence-corrected chi connectivity index (χ3v) is 5.48. The number of amides is 1. The second kappa shape index (κ2) is 9.07. The van der Waals surface area contributed by atoms with E-state index in [4.69, 9.17) is 9.47 Å². The number of methoxy groups -OCH3 is 2. The van der Waals surface area contributed by atoms with Gasteiger partial charge in [0.15, 0.2) is 5.82 Å². The summed E-state index contributed by atoms with van der Waals surface area (Å²) < 4.78 is 12.2. The number of nitrogens with one attached hydrogen (secondary N) is 1. The number of ether oxygens (including phenoxy) is 2. The molecule has 0 atom stereocenters. The number of rotatable bonds is 7. The van der Waals surface area contributed by atoms with E-state index in [0.717, 1.165) is 37.0 Å². The summed E-state index contributed by atoms with van der Waals surface area (Å²) in [4.78, 5) is 32.6. The predicted octanol–water partition coefficient (Wildman–Crippen LogP) is 3.04. The average Bonchev–Trinajstić information content (AvgIpc) is 3.32. The normalized spacial score (nSPS) is 13.4. The summed E-state index contributed by atoms with van der Waals surface area (Å²) in [5.41, 5.74) is 1.84. The van der Waals surface area contributed by atoms with Gasteiger partial charge >= 0.3 is 0 Å². The molecule has 3 aromatic rings. The van der Waals surface area contributed by atoms with Crippen LogP contribution in [0.1, 0.15) is 19.3 Å². The van der Waals surface area contributed by atoms with Crippen LogP contribution in [0.4, 0.5) is 11.5 Å². The van der Waals surface area contributed by atoms with E-state index in [1.165, 1.54) is 0 Å². The van der Waals surface area contributed by atoms with Crippen LogP contribution in [0.5, 0.6) is 11.5 Å². The zero-order chi connectivity index (χ0) is 21.8. The molecule has 1 amide bonds. The highest BCUT2D eigenvalue weighted by atomic mass is 16.5. The van der Waals surface area contributed by atoms with Crippen LogP contribution in [0.15, 0.2) is 47.3 Å². The fraction of sp³-hybridized carbons (Fsp3) is 0.348. The van der Waals surface area contributed by atoms with Gasteiger partial charge in [-0.25, -0.2) is 4.98 Å². The van der Waals surface area contributed by atoms with E-state index in [1.54, 1.807) is 37.0 Å². The standard InChI is InChI=1S/C23H26N4O4/c1-30-16-9-10-20(31-2)18(15-16)24-21(28)11-14-27-19-8-4-3-7-17(19)25-22(23(27)29)26-12-5-6-13-26/h3-4,7-10,15H,5-6,11-14H2,1-2H3,(H,24,28). The molecule has 0 radical (unpaired) electrons. The van der Waals surface area contributed by atoms with E-state index in [1.807, 2.05) is 29.2 Å². The highest BCUT2D eigenvalue weighted by molar-refractivity contribution is 5.92. The first-order valence-corrected chi connectivity index (χ1v) is 10.4. The number of aryl methyl sites for hydroxylation is 1. The number of carbonyl (C=O) groups is 1. The third kappa shape index (κ3) is 4.33. The Labute approximate surface area is 180 Å². The molecule has 0 spiro atoms. The number of para-hydroxylation sites is 2. The number of hydrogen-bond acceptors (Lipinski definition) is 6. The fourth-order valence-electron chi connectivity index (χ4n) is 3.87. The topological polar surface area (TPSA) is 85.7 Å². The lowest BCUT2D eigenvalue weighted by molar-refractivity contribution is -0.116. The van der Waals surface area contributed by atoms with Crippen LogP contribution in [0, 0.1) is 0 Å². The Morgan fingerprint density at radius 2 is 1.87 bits per heavy atom. The van der Waals surface area contributed by atoms with Crippen molar-refractivity contribution in [1.29, 1.82) is 0 Å². The maximum absolute atomic E-state index is 13.2. The zero-order valence-electron chi connectivity index (χ0n) is 17.8. The van der Waals surface area contributed by atoms with Gasteiger partial charge in [-0.15, -0.1) is 0 Å². The highest BCUT2D eigenvalue weighted by Crippen LogP contribution is 2.29. The molecule has 1 N–H and O–H groups in total. The Kier molecular flexibility index (Phi) is 6.06. The molecular formula is C23H26N4O4. The molecule has 162 valence electrons. The minimum absolute atomic E-state index is 0.133. The van der Waals surface area contributed by atoms with Gasteiger partial charge in [-0.05, 0) is 37.1 Å². The van der Waals surface area contributed by atoms with Crippen LogP contribution < -0.4 is 25.2 Å². The first-order chi connectivity index (χ1) is 15.1. The van der Waals surface area contributed by atoms with E-state index in [2.05, 4.69) is 10.3 Å². The highest BCUT2D eigenvalue weighted by Gasteiger charge is 2.20. The molecule has 31 heavy (non-hydrogen) atoms. The largest absolute Gasteiger partial charge is 0.497 e. The van der Waals surface area contributed by atoms with Gasteiger partial charge in [-0.2, -0.15) is 0 Å². The lowest BCUT2D eigenvalue weighted by atomic mass is 10.2. The van der Waals surface area contributed by atoms with Crippen molar-refractivity contribution in [3.8, 4) is 11.5 Å². The van der Waals surface area contributed by atoms with Gasteiger partial charge in [0.2, 0.25) is 5.91 Å². The number of aromatic nitrogens is 2. The average molecular weight is 422 g/mol. The Hall–Kier alpha value is -3.55. The molecule has 4 rings (SSSR count). The molecule has 8 nitrogen and oxygen atoms in total. The zero-order valence-corrected chi connectivity index (χ0v) is 17.8. The van der Waals surface area contributed by atoms with E-state index in [9.17, 15) is 9.59 Å². The lowest BCUT2D eigenvalue weighted by Gasteiger charge is -2.19. The Morgan fingerprint density at radius 3 is 2.61 bits per heavy atom. The van der Waals surface area contributed by atoms with Crippen LogP contribution in [-0.2, 0) is 11.3 Å². The molecule has 1 aliphatic heterocycles. The summed E-state index contributed by atoms with van der Waals surface area (Å²) >= 11 is 0. The maximum atomic E-state index is 13.2. The van der Waals surface area contributed by atoms with Gasteiger partial charge in [0, 0.05) is 32.1 Å². The second-order valence-electron chi connectivity index (χ2n) is 7.44. The summed E-state index contributed by atoms with van der Waals surface area (Å²) in [5.74, 6) is 1.40. The first-order valence-electron chi connectivity index (χ1n) is 10.4. The summed E-state index contributed by atoms with van der Waals surface area (Å²) in [6, 6.07) is 12.7. The molecule has 1 aromatic heterocycles. The molecular weight excluding hydrogens is 396 g/mol. The van der Waals surface area contributed by atoms with Gasteiger partial charge < -0.3 is 24.3 Å². The molecule has 0 unspecified atom stereocenters. The van der Waals surface area contributed by atoms with Gasteiger partial charge in [0.25, 0.3) is 5.56 Å². The summed E-state index contributed by atoms with van der Waals surface area (Å²) in [7, 11) is 3.10. The van der Waals surface area contributed by atoms with E-state index >= 15 is 0 Å². The fourth-order valence-corrected chi connectivity index (χ4v) is 3.87. The minimum atomic E-state index is -0.220. The van der Waals surface area contributed by atoms with Gasteiger partial charge in [-0.1, -0.05) is 12.1 Å². The number of nitrogens with zero attached hydrogens (tertiary/aromatic N) is 3. The van der Waals surface area contributed by atoms with Crippen molar-refractivity contribution in [3.05, 3.63) is 52.8 Å². The lowest BCUT2D eigenvalue weighted by Crippen LogP contribution is -2.32. The predicted molar refractivity (Wildman–Crippen MR) is 120 cm³/mol. The molecule has 1 fully saturated rings. The third-order valence-electron chi connectivity index (χ3n) is 5.48. The molecule has 2 aromatic carbocycles. The van der Waals surface area contributed by atoms with Gasteiger partial charge in [-0.3, -0.25) is 9.59 Å². The number of fused-ring (bicyclic) bond motifs is 1. The smallest absolute Gasteiger partial charge is 0.294 e. The van der Waals surface area contributed by atoms with Crippen LogP contribution in [-0.4, -0.2) is 42.8 Å². The molecule has 2 heterocycles. The van der Waals surface area contributed by atoms with Gasteiger partial charge in [0.1, 0.15) is 11.5 Å². The number of anilines is 2. The van der Waals surface area contributed by atoms with Crippen molar-refractivity contribution in [1.82, 2.24) is 9.55 Å². The van der Waals surface area contributed by atoms with Crippen molar-refractivity contribution < 1.29 is 14.3 Å². The summed E-state index contributed by atoms with van der Waals surface area (Å²) in [5, 5.41) is 2.86. The van der Waals surface area contributed by atoms with Gasteiger partial charge in [0.05, 0.1) is 30.9 Å². The molecule has 0 saturated carbocycles. The molecule has 0 aliphatic carbocycles. The maximum Gasteiger partial charge on any atom is 0.294 e. The molecule has 0 bridgehead atoms. The molecule has 8 heteroatoms. The Bertz CT molecular complexity index is 1150. The van der Waals surface area contributed by atoms with Crippen molar-refractivity contribution in [2.75, 3.05) is 37.5 Å². The van der Waals surface area contributed by atoms with Crippen molar-refractivity contribution in [3.63, 3.8) is 0 Å². The number of carbonyl (C=O) groups excluding carboxylic acids is 1. The number of benzene rings is 2. The Morgan fingerprint density at radius 1 is 1.10 bits per heavy atom. The van der Waals surface area contributed by atoms with Crippen LogP contribution >= 0.6 is 0 Å². The number of hydrogen-bond donors (Lipinski definition) is 1.